The maximum absolute atomic E-state index is 13.4. The Balaban J connectivity index is 1.85. The molecular weight excluding hydrogens is 392 g/mol. The van der Waals surface area contributed by atoms with Gasteiger partial charge >= 0.3 is 0 Å². The molecule has 6 heteroatoms. The maximum atomic E-state index is 13.4. The summed E-state index contributed by atoms with van der Waals surface area (Å²) in [4.78, 5) is 32.0. The molecule has 146 valence electrons. The molecule has 1 unspecified atom stereocenters. The van der Waals surface area contributed by atoms with Crippen molar-refractivity contribution >= 4 is 38.9 Å². The Morgan fingerprint density at radius 1 is 1.39 bits per heavy atom. The molecule has 0 radical (unpaired) electrons. The Labute approximate surface area is 173 Å². The molecule has 0 amide bonds. The number of nitrogens with zero attached hydrogens (tertiary/aromatic N) is 2. The summed E-state index contributed by atoms with van der Waals surface area (Å²) in [5.41, 5.74) is 2.18. The Bertz CT molecular complexity index is 1120. The van der Waals surface area contributed by atoms with E-state index in [4.69, 9.17) is 16.6 Å². The van der Waals surface area contributed by atoms with Gasteiger partial charge in [-0.05, 0) is 55.4 Å². The average molecular weight is 415 g/mol. The number of halogens is 1. The molecular formula is C22H23ClN2O2S. The maximum Gasteiger partial charge on any atom is 0.262 e. The SMILES string of the molecule is CC(=O)CCn1c(Cc2cccc(Cl)c2)nc2sc3c(c2c1=O)CCC(C)C3. The number of fused-ring (bicyclic) bond motifs is 3. The second-order valence-electron chi connectivity index (χ2n) is 7.78. The van der Waals surface area contributed by atoms with Gasteiger partial charge in [-0.25, -0.2) is 4.98 Å². The first-order chi connectivity index (χ1) is 13.4. The second kappa shape index (κ2) is 7.80. The molecule has 0 saturated heterocycles. The average Bonchev–Trinajstić information content (AvgIpc) is 2.98. The highest BCUT2D eigenvalue weighted by Crippen LogP contribution is 2.36. The van der Waals surface area contributed by atoms with Crippen molar-refractivity contribution in [3.63, 3.8) is 0 Å². The summed E-state index contributed by atoms with van der Waals surface area (Å²) in [6.45, 7) is 4.19. The first-order valence-corrected chi connectivity index (χ1v) is 10.9. The Morgan fingerprint density at radius 3 is 2.96 bits per heavy atom. The molecule has 2 aromatic heterocycles. The standard InChI is InChI=1S/C22H23ClN2O2S/c1-13-6-7-17-18(10-13)28-21-20(17)22(27)25(9-8-14(2)26)19(24-21)12-15-4-3-5-16(23)11-15/h3-5,11,13H,6-10,12H2,1-2H3. The fraction of sp³-hybridized carbons (Fsp3) is 0.409. The predicted molar refractivity (Wildman–Crippen MR) is 115 cm³/mol. The van der Waals surface area contributed by atoms with Crippen LogP contribution < -0.4 is 5.56 Å². The monoisotopic (exact) mass is 414 g/mol. The number of ketones is 1. The van der Waals surface area contributed by atoms with Crippen LogP contribution in [-0.2, 0) is 30.6 Å². The van der Waals surface area contributed by atoms with Crippen LogP contribution in [0.1, 0.15) is 48.5 Å². The Kier molecular flexibility index (Phi) is 5.39. The fourth-order valence-corrected chi connectivity index (χ4v) is 5.53. The molecule has 0 saturated carbocycles. The summed E-state index contributed by atoms with van der Waals surface area (Å²) in [5.74, 6) is 1.42. The molecule has 2 heterocycles. The van der Waals surface area contributed by atoms with Crippen LogP contribution >= 0.6 is 22.9 Å². The fourth-order valence-electron chi connectivity index (χ4n) is 3.93. The van der Waals surface area contributed by atoms with Gasteiger partial charge in [-0.3, -0.25) is 14.2 Å². The number of thiophene rings is 1. The van der Waals surface area contributed by atoms with Crippen molar-refractivity contribution in [1.29, 1.82) is 0 Å². The number of benzene rings is 1. The van der Waals surface area contributed by atoms with Crippen LogP contribution in [0.25, 0.3) is 10.2 Å². The quantitative estimate of drug-likeness (QED) is 0.602. The van der Waals surface area contributed by atoms with Gasteiger partial charge in [0.25, 0.3) is 5.56 Å². The van der Waals surface area contributed by atoms with Crippen LogP contribution in [0.3, 0.4) is 0 Å². The molecule has 4 nitrogen and oxygen atoms in total. The largest absolute Gasteiger partial charge is 0.300 e. The number of aryl methyl sites for hydroxylation is 1. The van der Waals surface area contributed by atoms with Crippen molar-refractivity contribution in [3.8, 4) is 0 Å². The summed E-state index contributed by atoms with van der Waals surface area (Å²) in [5, 5.41) is 1.43. The van der Waals surface area contributed by atoms with Crippen molar-refractivity contribution in [1.82, 2.24) is 9.55 Å². The minimum atomic E-state index is -0.00432. The van der Waals surface area contributed by atoms with Gasteiger partial charge in [0.1, 0.15) is 16.4 Å². The number of Topliss-reactive ketones (excluding diaryl/α,β-unsaturated/α-hetero) is 1. The van der Waals surface area contributed by atoms with E-state index in [0.29, 0.717) is 36.2 Å². The molecule has 1 aliphatic carbocycles. The Morgan fingerprint density at radius 2 is 2.21 bits per heavy atom. The third kappa shape index (κ3) is 3.78. The van der Waals surface area contributed by atoms with E-state index in [9.17, 15) is 9.59 Å². The Hall–Kier alpha value is -1.98. The molecule has 0 fully saturated rings. The molecule has 1 aliphatic rings. The van der Waals surface area contributed by atoms with E-state index in [2.05, 4.69) is 6.92 Å². The van der Waals surface area contributed by atoms with Crippen LogP contribution in [0.2, 0.25) is 5.02 Å². The van der Waals surface area contributed by atoms with Gasteiger partial charge in [0, 0.05) is 29.3 Å². The summed E-state index contributed by atoms with van der Waals surface area (Å²) in [7, 11) is 0. The van der Waals surface area contributed by atoms with E-state index < -0.39 is 0 Å². The smallest absolute Gasteiger partial charge is 0.262 e. The lowest BCUT2D eigenvalue weighted by atomic mass is 9.89. The van der Waals surface area contributed by atoms with Crippen LogP contribution in [0.4, 0.5) is 0 Å². The number of rotatable bonds is 5. The van der Waals surface area contributed by atoms with E-state index in [1.165, 1.54) is 10.4 Å². The molecule has 1 aromatic carbocycles. The lowest BCUT2D eigenvalue weighted by molar-refractivity contribution is -0.117. The minimum Gasteiger partial charge on any atom is -0.300 e. The summed E-state index contributed by atoms with van der Waals surface area (Å²) in [6.07, 6.45) is 3.91. The van der Waals surface area contributed by atoms with Crippen LogP contribution in [0.15, 0.2) is 29.1 Å². The van der Waals surface area contributed by atoms with Crippen molar-refractivity contribution in [2.45, 2.75) is 52.5 Å². The van der Waals surface area contributed by atoms with Gasteiger partial charge in [-0.2, -0.15) is 0 Å². The molecule has 3 aromatic rings. The molecule has 1 atom stereocenters. The highest BCUT2D eigenvalue weighted by atomic mass is 35.5. The van der Waals surface area contributed by atoms with Crippen LogP contribution in [0, 0.1) is 5.92 Å². The number of carbonyl (C=O) groups is 1. The van der Waals surface area contributed by atoms with E-state index in [-0.39, 0.29) is 11.3 Å². The van der Waals surface area contributed by atoms with Crippen LogP contribution in [0.5, 0.6) is 0 Å². The van der Waals surface area contributed by atoms with E-state index in [1.807, 2.05) is 24.3 Å². The second-order valence-corrected chi connectivity index (χ2v) is 9.30. The number of carbonyl (C=O) groups excluding carboxylic acids is 1. The summed E-state index contributed by atoms with van der Waals surface area (Å²) in [6, 6.07) is 7.62. The number of hydrogen-bond donors (Lipinski definition) is 0. The topological polar surface area (TPSA) is 52.0 Å². The lowest BCUT2D eigenvalue weighted by Gasteiger charge is -2.18. The van der Waals surface area contributed by atoms with E-state index in [1.54, 1.807) is 22.8 Å². The molecule has 0 aliphatic heterocycles. The first-order valence-electron chi connectivity index (χ1n) is 9.70. The third-order valence-electron chi connectivity index (χ3n) is 5.43. The molecule has 4 rings (SSSR count). The minimum absolute atomic E-state index is 0.00432. The molecule has 0 bridgehead atoms. The van der Waals surface area contributed by atoms with Gasteiger partial charge in [0.15, 0.2) is 0 Å². The molecule has 28 heavy (non-hydrogen) atoms. The lowest BCUT2D eigenvalue weighted by Crippen LogP contribution is -2.27. The zero-order valence-electron chi connectivity index (χ0n) is 16.1. The van der Waals surface area contributed by atoms with Gasteiger partial charge in [0.05, 0.1) is 5.39 Å². The summed E-state index contributed by atoms with van der Waals surface area (Å²) < 4.78 is 1.70. The van der Waals surface area contributed by atoms with Gasteiger partial charge in [-0.15, -0.1) is 11.3 Å². The van der Waals surface area contributed by atoms with Crippen LogP contribution in [-0.4, -0.2) is 15.3 Å². The predicted octanol–water partition coefficient (Wildman–Crippen LogP) is 4.81. The zero-order chi connectivity index (χ0) is 19.8. The van der Waals surface area contributed by atoms with Gasteiger partial charge in [0.2, 0.25) is 0 Å². The zero-order valence-corrected chi connectivity index (χ0v) is 17.7. The summed E-state index contributed by atoms with van der Waals surface area (Å²) >= 11 is 7.79. The molecule has 0 N–H and O–H groups in total. The van der Waals surface area contributed by atoms with E-state index >= 15 is 0 Å². The van der Waals surface area contributed by atoms with E-state index in [0.717, 1.165) is 35.0 Å². The van der Waals surface area contributed by atoms with Crippen molar-refractivity contribution in [3.05, 3.63) is 61.5 Å². The first kappa shape index (κ1) is 19.3. The normalized spacial score (nSPS) is 16.3. The van der Waals surface area contributed by atoms with Crippen molar-refractivity contribution in [2.75, 3.05) is 0 Å². The van der Waals surface area contributed by atoms with Gasteiger partial charge in [-0.1, -0.05) is 30.7 Å². The third-order valence-corrected chi connectivity index (χ3v) is 6.82. The number of aromatic nitrogens is 2. The van der Waals surface area contributed by atoms with Gasteiger partial charge < -0.3 is 0 Å². The highest BCUT2D eigenvalue weighted by Gasteiger charge is 2.24. The highest BCUT2D eigenvalue weighted by molar-refractivity contribution is 7.18. The van der Waals surface area contributed by atoms with Crippen molar-refractivity contribution in [2.24, 2.45) is 5.92 Å². The number of hydrogen-bond acceptors (Lipinski definition) is 4. The van der Waals surface area contributed by atoms with Crippen molar-refractivity contribution < 1.29 is 4.79 Å². The molecule has 0 spiro atoms.